The summed E-state index contributed by atoms with van der Waals surface area (Å²) < 4.78 is 0. The summed E-state index contributed by atoms with van der Waals surface area (Å²) in [6, 6.07) is 8.79. The van der Waals surface area contributed by atoms with E-state index in [1.165, 1.54) is 10.5 Å². The standard InChI is InChI=1S/C15H21NO2S/c1-3-11(2)16(10-15(17)18)9-13-8-12-6-4-5-7-14(12)19-13/h4-7,11,13H,3,8-10H2,1-2H3,(H,17,18). The van der Waals surface area contributed by atoms with Gasteiger partial charge in [-0.3, -0.25) is 9.69 Å². The lowest BCUT2D eigenvalue weighted by molar-refractivity contribution is -0.138. The van der Waals surface area contributed by atoms with E-state index in [0.717, 1.165) is 19.4 Å². The van der Waals surface area contributed by atoms with E-state index in [1.807, 2.05) is 11.8 Å². The molecule has 3 nitrogen and oxygen atoms in total. The maximum atomic E-state index is 11.0. The Labute approximate surface area is 119 Å². The van der Waals surface area contributed by atoms with E-state index in [0.29, 0.717) is 11.3 Å². The summed E-state index contributed by atoms with van der Waals surface area (Å²) in [5, 5.41) is 9.50. The fraction of sp³-hybridized carbons (Fsp3) is 0.533. The number of thioether (sulfide) groups is 1. The molecule has 19 heavy (non-hydrogen) atoms. The summed E-state index contributed by atoms with van der Waals surface area (Å²) >= 11 is 1.88. The second-order valence-electron chi connectivity index (χ2n) is 5.13. The molecule has 0 amide bonds. The van der Waals surface area contributed by atoms with Crippen LogP contribution in [0.5, 0.6) is 0 Å². The number of rotatable bonds is 6. The first-order valence-electron chi connectivity index (χ1n) is 6.80. The maximum absolute atomic E-state index is 11.0. The first-order chi connectivity index (χ1) is 9.10. The molecule has 0 fully saturated rings. The molecule has 1 aromatic rings. The second-order valence-corrected chi connectivity index (χ2v) is 6.47. The number of fused-ring (bicyclic) bond motifs is 1. The van der Waals surface area contributed by atoms with E-state index in [1.54, 1.807) is 0 Å². The Balaban J connectivity index is 1.98. The van der Waals surface area contributed by atoms with Crippen molar-refractivity contribution >= 4 is 17.7 Å². The van der Waals surface area contributed by atoms with Crippen LogP contribution in [0.15, 0.2) is 29.2 Å². The van der Waals surface area contributed by atoms with Crippen LogP contribution in [-0.4, -0.2) is 40.4 Å². The van der Waals surface area contributed by atoms with Gasteiger partial charge in [0.15, 0.2) is 0 Å². The van der Waals surface area contributed by atoms with Crippen molar-refractivity contribution in [3.8, 4) is 0 Å². The van der Waals surface area contributed by atoms with Gasteiger partial charge in [0.05, 0.1) is 6.54 Å². The monoisotopic (exact) mass is 279 g/mol. The van der Waals surface area contributed by atoms with Gasteiger partial charge in [-0.2, -0.15) is 0 Å². The Morgan fingerprint density at radius 1 is 1.53 bits per heavy atom. The van der Waals surface area contributed by atoms with Crippen LogP contribution in [0.4, 0.5) is 0 Å². The molecule has 0 radical (unpaired) electrons. The zero-order chi connectivity index (χ0) is 13.8. The third-order valence-corrected chi connectivity index (χ3v) is 5.01. The van der Waals surface area contributed by atoms with E-state index < -0.39 is 5.97 Å². The number of carboxylic acids is 1. The number of carbonyl (C=O) groups is 1. The lowest BCUT2D eigenvalue weighted by Gasteiger charge is -2.28. The van der Waals surface area contributed by atoms with Crippen molar-refractivity contribution in [3.05, 3.63) is 29.8 Å². The molecule has 104 valence electrons. The molecular formula is C15H21NO2S. The van der Waals surface area contributed by atoms with Gasteiger partial charge in [0.2, 0.25) is 0 Å². The first-order valence-corrected chi connectivity index (χ1v) is 7.68. The van der Waals surface area contributed by atoms with Gasteiger partial charge in [0, 0.05) is 22.7 Å². The van der Waals surface area contributed by atoms with Gasteiger partial charge in [-0.1, -0.05) is 25.1 Å². The van der Waals surface area contributed by atoms with Gasteiger partial charge >= 0.3 is 5.97 Å². The number of hydrogen-bond acceptors (Lipinski definition) is 3. The molecular weight excluding hydrogens is 258 g/mol. The molecule has 1 N–H and O–H groups in total. The Morgan fingerprint density at radius 2 is 2.26 bits per heavy atom. The van der Waals surface area contributed by atoms with Gasteiger partial charge in [0.25, 0.3) is 0 Å². The first kappa shape index (κ1) is 14.4. The van der Waals surface area contributed by atoms with Crippen molar-refractivity contribution in [2.75, 3.05) is 13.1 Å². The molecule has 0 aromatic heterocycles. The Kier molecular flexibility index (Phi) is 4.88. The van der Waals surface area contributed by atoms with Gasteiger partial charge in [-0.05, 0) is 31.4 Å². The molecule has 4 heteroatoms. The lowest BCUT2D eigenvalue weighted by atomic mass is 10.1. The van der Waals surface area contributed by atoms with Crippen molar-refractivity contribution in [2.24, 2.45) is 0 Å². The minimum atomic E-state index is -0.735. The molecule has 1 heterocycles. The third-order valence-electron chi connectivity index (χ3n) is 3.70. The van der Waals surface area contributed by atoms with E-state index in [9.17, 15) is 4.79 Å². The van der Waals surface area contributed by atoms with E-state index in [4.69, 9.17) is 5.11 Å². The SMILES string of the molecule is CCC(C)N(CC(=O)O)CC1Cc2ccccc2S1. The minimum Gasteiger partial charge on any atom is -0.480 e. The number of benzene rings is 1. The van der Waals surface area contributed by atoms with Crippen LogP contribution < -0.4 is 0 Å². The third kappa shape index (κ3) is 3.74. The molecule has 2 unspecified atom stereocenters. The summed E-state index contributed by atoms with van der Waals surface area (Å²) in [6.45, 7) is 5.20. The predicted octanol–water partition coefficient (Wildman–Crippen LogP) is 2.89. The van der Waals surface area contributed by atoms with Crippen LogP contribution in [-0.2, 0) is 11.2 Å². The van der Waals surface area contributed by atoms with Gasteiger partial charge in [-0.15, -0.1) is 11.8 Å². The molecule has 0 spiro atoms. The van der Waals surface area contributed by atoms with Crippen molar-refractivity contribution < 1.29 is 9.90 Å². The number of hydrogen-bond donors (Lipinski definition) is 1. The van der Waals surface area contributed by atoms with E-state index in [2.05, 4.69) is 43.0 Å². The van der Waals surface area contributed by atoms with E-state index >= 15 is 0 Å². The predicted molar refractivity (Wildman–Crippen MR) is 78.8 cm³/mol. The Bertz CT molecular complexity index is 425. The smallest absolute Gasteiger partial charge is 0.317 e. The number of nitrogens with zero attached hydrogens (tertiary/aromatic N) is 1. The Morgan fingerprint density at radius 3 is 2.89 bits per heavy atom. The fourth-order valence-electron chi connectivity index (χ4n) is 2.45. The van der Waals surface area contributed by atoms with Crippen LogP contribution in [0.1, 0.15) is 25.8 Å². The molecule has 0 bridgehead atoms. The molecule has 2 rings (SSSR count). The molecule has 1 aliphatic rings. The summed E-state index contributed by atoms with van der Waals surface area (Å²) in [5.74, 6) is -0.735. The van der Waals surface area contributed by atoms with Crippen molar-refractivity contribution in [1.82, 2.24) is 4.90 Å². The van der Waals surface area contributed by atoms with Crippen LogP contribution in [0.3, 0.4) is 0 Å². The average molecular weight is 279 g/mol. The summed E-state index contributed by atoms with van der Waals surface area (Å²) in [5.41, 5.74) is 1.40. The summed E-state index contributed by atoms with van der Waals surface area (Å²) in [4.78, 5) is 14.4. The zero-order valence-electron chi connectivity index (χ0n) is 11.5. The quantitative estimate of drug-likeness (QED) is 0.869. The molecule has 1 aromatic carbocycles. The highest BCUT2D eigenvalue weighted by Crippen LogP contribution is 2.37. The van der Waals surface area contributed by atoms with Gasteiger partial charge in [-0.25, -0.2) is 0 Å². The van der Waals surface area contributed by atoms with Gasteiger partial charge < -0.3 is 5.11 Å². The van der Waals surface area contributed by atoms with Crippen molar-refractivity contribution in [1.29, 1.82) is 0 Å². The average Bonchev–Trinajstić information content (AvgIpc) is 2.78. The number of aliphatic carboxylic acids is 1. The van der Waals surface area contributed by atoms with Crippen LogP contribution >= 0.6 is 11.8 Å². The number of carboxylic acid groups (broad SMARTS) is 1. The molecule has 2 atom stereocenters. The fourth-order valence-corrected chi connectivity index (χ4v) is 3.80. The molecule has 0 aliphatic carbocycles. The van der Waals surface area contributed by atoms with Crippen molar-refractivity contribution in [3.63, 3.8) is 0 Å². The normalized spacial score (nSPS) is 19.4. The second kappa shape index (κ2) is 6.44. The van der Waals surface area contributed by atoms with Gasteiger partial charge in [0.1, 0.15) is 0 Å². The van der Waals surface area contributed by atoms with Crippen LogP contribution in [0, 0.1) is 0 Å². The zero-order valence-corrected chi connectivity index (χ0v) is 12.3. The summed E-state index contributed by atoms with van der Waals surface area (Å²) in [7, 11) is 0. The largest absolute Gasteiger partial charge is 0.480 e. The highest BCUT2D eigenvalue weighted by atomic mass is 32.2. The lowest BCUT2D eigenvalue weighted by Crippen LogP contribution is -2.41. The maximum Gasteiger partial charge on any atom is 0.317 e. The molecule has 0 saturated heterocycles. The van der Waals surface area contributed by atoms with Crippen LogP contribution in [0.25, 0.3) is 0 Å². The molecule has 1 aliphatic heterocycles. The minimum absolute atomic E-state index is 0.141. The summed E-state index contributed by atoms with van der Waals surface area (Å²) in [6.07, 6.45) is 2.03. The Hall–Kier alpha value is -1.00. The van der Waals surface area contributed by atoms with Crippen LogP contribution in [0.2, 0.25) is 0 Å². The van der Waals surface area contributed by atoms with Crippen molar-refractivity contribution in [2.45, 2.75) is 42.9 Å². The topological polar surface area (TPSA) is 40.5 Å². The highest BCUT2D eigenvalue weighted by Gasteiger charge is 2.26. The molecule has 0 saturated carbocycles. The highest BCUT2D eigenvalue weighted by molar-refractivity contribution is 8.00. The van der Waals surface area contributed by atoms with E-state index in [-0.39, 0.29) is 6.54 Å².